The molecule has 0 saturated carbocycles. The molecule has 4 atom stereocenters. The van der Waals surface area contributed by atoms with Gasteiger partial charge in [-0.15, -0.1) is 45.3 Å². The number of anilines is 1. The molecule has 6 aromatic rings. The van der Waals surface area contributed by atoms with E-state index >= 15 is 0 Å². The first-order valence-electron chi connectivity index (χ1n) is 26.8. The van der Waals surface area contributed by atoms with Gasteiger partial charge in [-0.3, -0.25) is 15.0 Å². The van der Waals surface area contributed by atoms with Crippen LogP contribution in [0.15, 0.2) is 138 Å². The number of aliphatic imine (C=N–C) groups is 3. The molecule has 8 heterocycles. The van der Waals surface area contributed by atoms with Crippen molar-refractivity contribution >= 4 is 69.0 Å². The molecule has 0 spiro atoms. The predicted octanol–water partition coefficient (Wildman–Crippen LogP) is 17.8. The second-order valence-electron chi connectivity index (χ2n) is 20.9. The van der Waals surface area contributed by atoms with Gasteiger partial charge in [0.2, 0.25) is 0 Å². The van der Waals surface area contributed by atoms with Gasteiger partial charge in [-0.2, -0.15) is 0 Å². The Morgan fingerprint density at radius 1 is 0.514 bits per heavy atom. The fraction of sp³-hybridized carbons (Fsp3) is 0.381. The molecule has 13 rings (SSSR count). The molecule has 0 bridgehead atoms. The Labute approximate surface area is 456 Å². The van der Waals surface area contributed by atoms with E-state index in [1.807, 2.05) is 51.7 Å². The third-order valence-corrected chi connectivity index (χ3v) is 21.0. The van der Waals surface area contributed by atoms with E-state index in [9.17, 15) is 0 Å². The zero-order valence-electron chi connectivity index (χ0n) is 44.8. The number of aryl methyl sites for hydroxylation is 4. The first-order chi connectivity index (χ1) is 35.9. The van der Waals surface area contributed by atoms with Gasteiger partial charge in [0.25, 0.3) is 0 Å². The maximum absolute atomic E-state index is 4.87. The molecule has 4 aliphatic heterocycles. The zero-order valence-corrected chi connectivity index (χ0v) is 48.1. The fourth-order valence-corrected chi connectivity index (χ4v) is 16.1. The number of fused-ring (bicyclic) bond motifs is 1. The van der Waals surface area contributed by atoms with Gasteiger partial charge in [0.15, 0.2) is 0 Å². The number of hydrogen-bond donors (Lipinski definition) is 4. The van der Waals surface area contributed by atoms with Gasteiger partial charge in [0, 0.05) is 47.0 Å². The van der Waals surface area contributed by atoms with E-state index in [0.29, 0.717) is 18.1 Å². The quantitative estimate of drug-likeness (QED) is 0.139. The smallest absolute Gasteiger partial charge is 0.113 e. The number of benzene rings is 2. The summed E-state index contributed by atoms with van der Waals surface area (Å²) in [6.07, 6.45) is 20.2. The van der Waals surface area contributed by atoms with E-state index in [1.54, 1.807) is 11.1 Å². The van der Waals surface area contributed by atoms with Gasteiger partial charge >= 0.3 is 0 Å². The standard InChI is InChI=1S/C19H16N2S.C15H20N2S.C15H19NS.C14H18N2S/c1-13-11-17(14-7-3-2-4-8-14)22-19(13)18-15-9-5-6-10-16(15)20-12-21-18;1-9-8-18-15(10(9)2)14-12-6-4-5-7-13(12)16-11(3)17-14;1-10-9-17-15(11(10)2)14-13-6-4-3-5-12(13)7-8-16-14;1-8-7-17-14(9(8)2)13-11-5-4-6-12(11)15-10(3)16-13/h2-12,18H,1H3,(H,20,21);8,14H,4-7H2,1-3H3,(H,16,17);7-9,14,16H,3-6H2,1-2H3;7,13H,4-6H2,1-3H3,(H,15,16). The molecule has 11 heteroatoms. The fourth-order valence-electron chi connectivity index (χ4n) is 11.4. The van der Waals surface area contributed by atoms with Crippen molar-refractivity contribution in [1.29, 1.82) is 0 Å². The normalized spacial score (nSPS) is 21.3. The molecule has 0 amide bonds. The molecule has 384 valence electrons. The minimum absolute atomic E-state index is 0.0971. The van der Waals surface area contributed by atoms with Gasteiger partial charge in [0.1, 0.15) is 18.1 Å². The Morgan fingerprint density at radius 2 is 1.05 bits per heavy atom. The van der Waals surface area contributed by atoms with E-state index in [-0.39, 0.29) is 6.04 Å². The van der Waals surface area contributed by atoms with Crippen molar-refractivity contribution in [2.24, 2.45) is 15.0 Å². The van der Waals surface area contributed by atoms with Crippen molar-refractivity contribution < 1.29 is 0 Å². The van der Waals surface area contributed by atoms with Crippen molar-refractivity contribution in [2.75, 3.05) is 5.32 Å². The molecular weight excluding hydrogens is 983 g/mol. The first kappa shape index (κ1) is 51.9. The molecule has 2 aromatic carbocycles. The summed E-state index contributed by atoms with van der Waals surface area (Å²) >= 11 is 7.49. The Bertz CT molecular complexity index is 3240. The lowest BCUT2D eigenvalue weighted by molar-refractivity contribution is 0.587. The molecule has 7 aliphatic rings. The lowest BCUT2D eigenvalue weighted by Gasteiger charge is -2.30. The van der Waals surface area contributed by atoms with E-state index < -0.39 is 0 Å². The minimum Gasteiger partial charge on any atom is -0.380 e. The lowest BCUT2D eigenvalue weighted by Crippen LogP contribution is -2.29. The van der Waals surface area contributed by atoms with Gasteiger partial charge in [-0.05, 0) is 240 Å². The zero-order chi connectivity index (χ0) is 51.5. The second-order valence-corrected chi connectivity index (χ2v) is 24.7. The molecule has 7 nitrogen and oxygen atoms in total. The number of thiophene rings is 4. The number of amidine groups is 2. The highest BCUT2D eigenvalue weighted by Gasteiger charge is 2.31. The first-order valence-corrected chi connectivity index (χ1v) is 30.3. The number of dihydropyridines is 1. The van der Waals surface area contributed by atoms with Crippen LogP contribution in [0.2, 0.25) is 0 Å². The van der Waals surface area contributed by atoms with Crippen molar-refractivity contribution in [3.63, 3.8) is 0 Å². The Morgan fingerprint density at radius 3 is 1.68 bits per heavy atom. The monoisotopic (exact) mass is 1060 g/mol. The summed E-state index contributed by atoms with van der Waals surface area (Å²) in [5.74, 6) is 2.15. The van der Waals surface area contributed by atoms with E-state index in [1.165, 1.54) is 168 Å². The summed E-state index contributed by atoms with van der Waals surface area (Å²) in [6.45, 7) is 19.7. The minimum atomic E-state index is 0.0971. The van der Waals surface area contributed by atoms with Crippen LogP contribution in [0.5, 0.6) is 0 Å². The van der Waals surface area contributed by atoms with Crippen LogP contribution in [0.4, 0.5) is 5.69 Å². The second kappa shape index (κ2) is 23.1. The summed E-state index contributed by atoms with van der Waals surface area (Å²) in [4.78, 5) is 21.4. The van der Waals surface area contributed by atoms with Crippen LogP contribution in [-0.4, -0.2) is 18.0 Å². The maximum atomic E-state index is 4.87. The van der Waals surface area contributed by atoms with Crippen LogP contribution < -0.4 is 21.3 Å². The average molecular weight is 1060 g/mol. The highest BCUT2D eigenvalue weighted by molar-refractivity contribution is 7.15. The molecular formula is C63H73N7S4. The van der Waals surface area contributed by atoms with E-state index in [0.717, 1.165) is 17.4 Å². The number of rotatable bonds is 5. The number of nitrogens with zero attached hydrogens (tertiary/aromatic N) is 3. The van der Waals surface area contributed by atoms with Crippen molar-refractivity contribution in [3.05, 3.63) is 187 Å². The van der Waals surface area contributed by atoms with Gasteiger partial charge < -0.3 is 21.3 Å². The van der Waals surface area contributed by atoms with Gasteiger partial charge in [-0.25, -0.2) is 0 Å². The maximum Gasteiger partial charge on any atom is 0.113 e. The largest absolute Gasteiger partial charge is 0.380 e. The molecule has 0 radical (unpaired) electrons. The van der Waals surface area contributed by atoms with Crippen LogP contribution in [0, 0.1) is 48.5 Å². The summed E-state index contributed by atoms with van der Waals surface area (Å²) in [5.41, 5.74) is 22.7. The third-order valence-electron chi connectivity index (χ3n) is 15.9. The number of hydrogen-bond acceptors (Lipinski definition) is 11. The van der Waals surface area contributed by atoms with Crippen LogP contribution in [0.1, 0.15) is 173 Å². The Kier molecular flexibility index (Phi) is 16.2. The third kappa shape index (κ3) is 11.0. The molecule has 0 fully saturated rings. The van der Waals surface area contributed by atoms with Gasteiger partial charge in [-0.1, -0.05) is 48.5 Å². The SMILES string of the molecule is CC1=NC(c2scc(C)c2C)C2=C(CCC2)N1.CC1=NC(c2scc(C)c2C)C2=C(CCCC2)N1.Cc1cc(-c2ccccc2)sc1C1N=CNc2ccccc21.Cc1csc(C2NC=CC3=C2CCCC3)c1C. The number of para-hydroxylation sites is 1. The Hall–Kier alpha value is -5.59. The number of allylic oxidation sites excluding steroid dienone is 4. The Balaban J connectivity index is 0.000000114. The summed E-state index contributed by atoms with van der Waals surface area (Å²) < 4.78 is 0. The molecule has 74 heavy (non-hydrogen) atoms. The van der Waals surface area contributed by atoms with Crippen LogP contribution in [-0.2, 0) is 0 Å². The van der Waals surface area contributed by atoms with Gasteiger partial charge in [0.05, 0.1) is 24.1 Å². The van der Waals surface area contributed by atoms with Crippen molar-refractivity contribution in [2.45, 2.75) is 157 Å². The lowest BCUT2D eigenvalue weighted by atomic mass is 9.84. The van der Waals surface area contributed by atoms with Crippen LogP contribution in [0.3, 0.4) is 0 Å². The number of nitrogens with one attached hydrogen (secondary N) is 4. The summed E-state index contributed by atoms with van der Waals surface area (Å²) in [7, 11) is 0. The average Bonchev–Trinajstić information content (AvgIpc) is 4.28. The topological polar surface area (TPSA) is 85.2 Å². The van der Waals surface area contributed by atoms with E-state index in [2.05, 4.69) is 178 Å². The summed E-state index contributed by atoms with van der Waals surface area (Å²) in [6, 6.07) is 22.4. The molecule has 0 saturated heterocycles. The van der Waals surface area contributed by atoms with E-state index in [4.69, 9.17) is 9.98 Å². The molecule has 3 aliphatic carbocycles. The van der Waals surface area contributed by atoms with Crippen molar-refractivity contribution in [3.8, 4) is 10.4 Å². The predicted molar refractivity (Wildman–Crippen MR) is 321 cm³/mol. The van der Waals surface area contributed by atoms with Crippen LogP contribution in [0.25, 0.3) is 10.4 Å². The molecule has 4 aromatic heterocycles. The molecule has 4 unspecified atom stereocenters. The van der Waals surface area contributed by atoms with Crippen molar-refractivity contribution in [1.82, 2.24) is 16.0 Å². The molecule has 4 N–H and O–H groups in total. The highest BCUT2D eigenvalue weighted by Crippen LogP contribution is 2.46. The van der Waals surface area contributed by atoms with Crippen LogP contribution >= 0.6 is 45.3 Å². The summed E-state index contributed by atoms with van der Waals surface area (Å²) in [5, 5.41) is 20.5. The highest BCUT2D eigenvalue weighted by atomic mass is 32.1.